The summed E-state index contributed by atoms with van der Waals surface area (Å²) in [7, 11) is 0. The van der Waals surface area contributed by atoms with Gasteiger partial charge < -0.3 is 16.2 Å². The van der Waals surface area contributed by atoms with Gasteiger partial charge in [-0.3, -0.25) is 29.8 Å². The number of Topliss-reactive ketones (excluding diaryl/α,β-unsaturated/α-hetero) is 2. The summed E-state index contributed by atoms with van der Waals surface area (Å²) in [6, 6.07) is 5.35. The number of nitro benzene ring substituents is 2. The highest BCUT2D eigenvalue weighted by molar-refractivity contribution is 6.49. The predicted octanol–water partition coefficient (Wildman–Crippen LogP) is 0.803. The summed E-state index contributed by atoms with van der Waals surface area (Å²) in [6.07, 6.45) is 0. The number of ketones is 2. The Hall–Kier alpha value is -4.68. The maximum atomic E-state index is 12.1. The number of hydrogen-bond donors (Lipinski definition) is 2. The number of hydrogen-bond acceptors (Lipinski definition) is 11. The number of nitrogens with zero attached hydrogens (tertiary/aromatic N) is 2. The van der Waals surface area contributed by atoms with Gasteiger partial charge in [0.15, 0.2) is 0 Å². The van der Waals surface area contributed by atoms with E-state index in [2.05, 4.69) is 4.74 Å². The van der Waals surface area contributed by atoms with Crippen LogP contribution in [0.1, 0.15) is 20.7 Å². The first-order chi connectivity index (χ1) is 13.5. The first-order valence-corrected chi connectivity index (χ1v) is 7.46. The fraction of sp³-hybridized carbons (Fsp3) is 0. The van der Waals surface area contributed by atoms with E-state index >= 15 is 0 Å². The number of esters is 2. The Labute approximate surface area is 160 Å². The SMILES string of the molecule is Nc1ccc([N+](=O)[O-])cc1C(=O)C(=O)OC(=O)C(=O)c1cc([N+](=O)[O-])ccc1N. The van der Waals surface area contributed by atoms with Crippen molar-refractivity contribution in [3.8, 4) is 0 Å². The minimum Gasteiger partial charge on any atom is -0.398 e. The van der Waals surface area contributed by atoms with Crippen LogP contribution in [0.3, 0.4) is 0 Å². The summed E-state index contributed by atoms with van der Waals surface area (Å²) in [4.78, 5) is 67.8. The summed E-state index contributed by atoms with van der Waals surface area (Å²) in [5.41, 5.74) is 8.04. The van der Waals surface area contributed by atoms with E-state index in [1.165, 1.54) is 0 Å². The highest BCUT2D eigenvalue weighted by Gasteiger charge is 2.30. The number of rotatable bonds is 6. The summed E-state index contributed by atoms with van der Waals surface area (Å²) in [5.74, 6) is -6.70. The Morgan fingerprint density at radius 3 is 1.38 bits per heavy atom. The van der Waals surface area contributed by atoms with E-state index in [4.69, 9.17) is 11.5 Å². The molecule has 0 saturated carbocycles. The average Bonchev–Trinajstić information content (AvgIpc) is 2.67. The zero-order valence-electron chi connectivity index (χ0n) is 14.2. The number of benzene rings is 2. The van der Waals surface area contributed by atoms with Crippen LogP contribution in [-0.4, -0.2) is 33.4 Å². The fourth-order valence-corrected chi connectivity index (χ4v) is 2.11. The molecular formula is C16H10N4O9. The maximum absolute atomic E-state index is 12.1. The molecular weight excluding hydrogens is 392 g/mol. The van der Waals surface area contributed by atoms with Crippen molar-refractivity contribution in [2.45, 2.75) is 0 Å². The molecule has 0 fully saturated rings. The average molecular weight is 402 g/mol. The van der Waals surface area contributed by atoms with E-state index in [0.29, 0.717) is 12.1 Å². The van der Waals surface area contributed by atoms with Gasteiger partial charge in [-0.15, -0.1) is 0 Å². The second-order valence-electron chi connectivity index (χ2n) is 5.39. The molecule has 0 aliphatic carbocycles. The number of nitro groups is 2. The molecule has 0 radical (unpaired) electrons. The fourth-order valence-electron chi connectivity index (χ4n) is 2.11. The Bertz CT molecular complexity index is 1010. The van der Waals surface area contributed by atoms with Crippen LogP contribution in [0, 0.1) is 20.2 Å². The standard InChI is InChI=1S/C16H10N4O9/c17-11-3-1-7(19(25)26)5-9(11)13(21)15(23)29-16(24)14(22)10-6-8(20(27)28)2-4-12(10)18/h1-6H,17-18H2. The van der Waals surface area contributed by atoms with Crippen LogP contribution in [0.4, 0.5) is 22.7 Å². The van der Waals surface area contributed by atoms with Crippen molar-refractivity contribution >= 4 is 46.3 Å². The quantitative estimate of drug-likeness (QED) is 0.131. The number of anilines is 2. The van der Waals surface area contributed by atoms with Crippen LogP contribution in [0.5, 0.6) is 0 Å². The van der Waals surface area contributed by atoms with Crippen molar-refractivity contribution in [1.82, 2.24) is 0 Å². The largest absolute Gasteiger partial charge is 0.398 e. The van der Waals surface area contributed by atoms with E-state index in [9.17, 15) is 39.4 Å². The molecule has 0 aliphatic heterocycles. The zero-order chi connectivity index (χ0) is 21.9. The van der Waals surface area contributed by atoms with Crippen LogP contribution in [0.25, 0.3) is 0 Å². The molecule has 0 bridgehead atoms. The molecule has 13 nitrogen and oxygen atoms in total. The lowest BCUT2D eigenvalue weighted by molar-refractivity contribution is -0.385. The molecule has 0 heterocycles. The molecule has 0 spiro atoms. The van der Waals surface area contributed by atoms with E-state index in [1.807, 2.05) is 0 Å². The number of nitrogen functional groups attached to an aromatic ring is 2. The van der Waals surface area contributed by atoms with Crippen LogP contribution in [-0.2, 0) is 14.3 Å². The topological polar surface area (TPSA) is 216 Å². The van der Waals surface area contributed by atoms with Gasteiger partial charge >= 0.3 is 11.9 Å². The van der Waals surface area contributed by atoms with Crippen LogP contribution in [0.15, 0.2) is 36.4 Å². The summed E-state index contributed by atoms with van der Waals surface area (Å²) in [5, 5.41) is 21.5. The molecule has 2 aromatic rings. The molecule has 29 heavy (non-hydrogen) atoms. The number of carbonyl (C=O) groups excluding carboxylic acids is 4. The predicted molar refractivity (Wildman–Crippen MR) is 94.8 cm³/mol. The van der Waals surface area contributed by atoms with Crippen molar-refractivity contribution in [1.29, 1.82) is 0 Å². The van der Waals surface area contributed by atoms with Crippen molar-refractivity contribution < 1.29 is 33.8 Å². The van der Waals surface area contributed by atoms with Crippen molar-refractivity contribution in [3.05, 3.63) is 67.8 Å². The second kappa shape index (κ2) is 7.91. The Kier molecular flexibility index (Phi) is 5.63. The number of non-ortho nitro benzene ring substituents is 2. The first-order valence-electron chi connectivity index (χ1n) is 7.46. The lowest BCUT2D eigenvalue weighted by Gasteiger charge is -2.06. The number of ether oxygens (including phenoxy) is 1. The molecule has 13 heteroatoms. The third-order valence-corrected chi connectivity index (χ3v) is 3.54. The second-order valence-corrected chi connectivity index (χ2v) is 5.39. The minimum atomic E-state index is -1.83. The highest BCUT2D eigenvalue weighted by Crippen LogP contribution is 2.22. The Morgan fingerprint density at radius 2 is 1.07 bits per heavy atom. The molecule has 0 aliphatic rings. The van der Waals surface area contributed by atoms with Gasteiger partial charge in [0.1, 0.15) is 0 Å². The Balaban J connectivity index is 2.24. The number of nitrogens with two attached hydrogens (primary N) is 2. The zero-order valence-corrected chi connectivity index (χ0v) is 14.2. The van der Waals surface area contributed by atoms with Crippen LogP contribution in [0.2, 0.25) is 0 Å². The monoisotopic (exact) mass is 402 g/mol. The number of carbonyl (C=O) groups is 4. The third kappa shape index (κ3) is 4.36. The molecule has 4 N–H and O–H groups in total. The van der Waals surface area contributed by atoms with Gasteiger partial charge in [0.05, 0.1) is 21.0 Å². The van der Waals surface area contributed by atoms with Gasteiger partial charge in [-0.05, 0) is 12.1 Å². The lowest BCUT2D eigenvalue weighted by atomic mass is 10.1. The highest BCUT2D eigenvalue weighted by atomic mass is 16.6. The molecule has 2 rings (SSSR count). The van der Waals surface area contributed by atoms with Crippen molar-refractivity contribution in [3.63, 3.8) is 0 Å². The van der Waals surface area contributed by atoms with E-state index in [0.717, 1.165) is 24.3 Å². The minimum absolute atomic E-state index is 0.306. The molecule has 0 atom stereocenters. The molecule has 0 saturated heterocycles. The van der Waals surface area contributed by atoms with Gasteiger partial charge in [0.25, 0.3) is 22.9 Å². The molecule has 2 aromatic carbocycles. The lowest BCUT2D eigenvalue weighted by Crippen LogP contribution is -2.27. The van der Waals surface area contributed by atoms with E-state index in [1.54, 1.807) is 0 Å². The molecule has 0 unspecified atom stereocenters. The van der Waals surface area contributed by atoms with Gasteiger partial charge in [0, 0.05) is 35.6 Å². The van der Waals surface area contributed by atoms with Gasteiger partial charge in [-0.2, -0.15) is 0 Å². The molecule has 0 aromatic heterocycles. The van der Waals surface area contributed by atoms with E-state index < -0.39 is 55.9 Å². The summed E-state index contributed by atoms with van der Waals surface area (Å²) in [6.45, 7) is 0. The van der Waals surface area contributed by atoms with Gasteiger partial charge in [-0.1, -0.05) is 0 Å². The maximum Gasteiger partial charge on any atom is 0.387 e. The van der Waals surface area contributed by atoms with Crippen LogP contribution >= 0.6 is 0 Å². The molecule has 148 valence electrons. The smallest absolute Gasteiger partial charge is 0.387 e. The summed E-state index contributed by atoms with van der Waals surface area (Å²) < 4.78 is 4.17. The first kappa shape index (κ1) is 20.6. The Morgan fingerprint density at radius 1 is 0.724 bits per heavy atom. The summed E-state index contributed by atoms with van der Waals surface area (Å²) >= 11 is 0. The van der Waals surface area contributed by atoms with Crippen molar-refractivity contribution in [2.24, 2.45) is 0 Å². The normalized spacial score (nSPS) is 10.1. The third-order valence-electron chi connectivity index (χ3n) is 3.54. The van der Waals surface area contributed by atoms with Crippen LogP contribution < -0.4 is 11.5 Å². The van der Waals surface area contributed by atoms with Crippen molar-refractivity contribution in [2.75, 3.05) is 11.5 Å². The van der Waals surface area contributed by atoms with Gasteiger partial charge in [-0.25, -0.2) is 9.59 Å². The van der Waals surface area contributed by atoms with E-state index in [-0.39, 0.29) is 11.4 Å². The molecule has 0 amide bonds. The van der Waals surface area contributed by atoms with Gasteiger partial charge in [0.2, 0.25) is 0 Å².